The van der Waals surface area contributed by atoms with Crippen LogP contribution in [0.5, 0.6) is 17.4 Å². The predicted octanol–water partition coefficient (Wildman–Crippen LogP) is 3.03. The molecule has 10 nitrogen and oxygen atoms in total. The fraction of sp³-hybridized carbons (Fsp3) is 0.318. The predicted molar refractivity (Wildman–Crippen MR) is 120 cm³/mol. The minimum atomic E-state index is -3.83. The lowest BCUT2D eigenvalue weighted by molar-refractivity contribution is 0.0976. The SMILES string of the molecule is COc1cccc(OC2CCC2)c1[S@](=N)(=O)NC(=O)c1ccc(Cn2cccn2)c(OC)n1. The molecule has 1 aliphatic rings. The summed E-state index contributed by atoms with van der Waals surface area (Å²) in [6, 6.07) is 9.87. The number of nitrogens with zero attached hydrogens (tertiary/aromatic N) is 3. The van der Waals surface area contributed by atoms with Crippen molar-refractivity contribution in [2.24, 2.45) is 0 Å². The molecule has 0 radical (unpaired) electrons. The molecule has 174 valence electrons. The molecular formula is C22H25N5O5S. The van der Waals surface area contributed by atoms with Crippen molar-refractivity contribution in [2.45, 2.75) is 36.8 Å². The molecule has 1 saturated carbocycles. The number of carbonyl (C=O) groups is 1. The number of ether oxygens (including phenoxy) is 3. The molecule has 2 heterocycles. The van der Waals surface area contributed by atoms with Crippen molar-refractivity contribution >= 4 is 15.8 Å². The van der Waals surface area contributed by atoms with Gasteiger partial charge in [-0.05, 0) is 49.6 Å². The van der Waals surface area contributed by atoms with E-state index in [4.69, 9.17) is 19.0 Å². The normalized spacial score (nSPS) is 15.2. The average molecular weight is 472 g/mol. The largest absolute Gasteiger partial charge is 0.495 e. The maximum absolute atomic E-state index is 13.4. The van der Waals surface area contributed by atoms with Crippen molar-refractivity contribution in [3.8, 4) is 17.4 Å². The number of hydrogen-bond donors (Lipinski definition) is 2. The number of pyridine rings is 1. The lowest BCUT2D eigenvalue weighted by Crippen LogP contribution is -2.32. The summed E-state index contributed by atoms with van der Waals surface area (Å²) in [4.78, 5) is 17.1. The van der Waals surface area contributed by atoms with Crippen LogP contribution in [-0.4, -0.2) is 45.2 Å². The molecule has 1 atom stereocenters. The monoisotopic (exact) mass is 471 g/mol. The summed E-state index contributed by atoms with van der Waals surface area (Å²) in [6.45, 7) is 0.406. The minimum absolute atomic E-state index is 0.00461. The average Bonchev–Trinajstić information content (AvgIpc) is 3.29. The highest BCUT2D eigenvalue weighted by atomic mass is 32.2. The molecule has 0 unspecified atom stereocenters. The third-order valence-corrected chi connectivity index (χ3v) is 6.74. The Balaban J connectivity index is 1.59. The van der Waals surface area contributed by atoms with Gasteiger partial charge in [-0.2, -0.15) is 5.10 Å². The van der Waals surface area contributed by atoms with Gasteiger partial charge in [-0.25, -0.2) is 14.0 Å². The van der Waals surface area contributed by atoms with Crippen LogP contribution in [0.25, 0.3) is 0 Å². The number of carbonyl (C=O) groups excluding carboxylic acids is 1. The van der Waals surface area contributed by atoms with Gasteiger partial charge in [0.1, 0.15) is 17.2 Å². The van der Waals surface area contributed by atoms with Gasteiger partial charge in [-0.1, -0.05) is 6.07 Å². The van der Waals surface area contributed by atoms with Crippen LogP contribution in [0.15, 0.2) is 53.7 Å². The Morgan fingerprint density at radius 2 is 1.97 bits per heavy atom. The number of hydrogen-bond acceptors (Lipinski definition) is 8. The molecule has 0 saturated heterocycles. The summed E-state index contributed by atoms with van der Waals surface area (Å²) in [6.07, 6.45) is 6.28. The van der Waals surface area contributed by atoms with Crippen LogP contribution >= 0.6 is 0 Å². The molecule has 3 aromatic rings. The van der Waals surface area contributed by atoms with E-state index in [1.807, 2.05) is 0 Å². The van der Waals surface area contributed by atoms with E-state index in [-0.39, 0.29) is 34.1 Å². The Bertz CT molecular complexity index is 1240. The van der Waals surface area contributed by atoms with Gasteiger partial charge < -0.3 is 14.2 Å². The molecule has 1 aliphatic carbocycles. The summed E-state index contributed by atoms with van der Waals surface area (Å²) in [5.41, 5.74) is 0.678. The Hall–Kier alpha value is -3.60. The van der Waals surface area contributed by atoms with E-state index in [1.165, 1.54) is 20.3 Å². The van der Waals surface area contributed by atoms with Crippen LogP contribution in [0.3, 0.4) is 0 Å². The van der Waals surface area contributed by atoms with E-state index in [0.29, 0.717) is 12.1 Å². The highest BCUT2D eigenvalue weighted by molar-refractivity contribution is 7.91. The third-order valence-electron chi connectivity index (χ3n) is 5.29. The van der Waals surface area contributed by atoms with Crippen molar-refractivity contribution in [1.29, 1.82) is 4.78 Å². The first-order valence-electron chi connectivity index (χ1n) is 10.4. The fourth-order valence-corrected chi connectivity index (χ4v) is 4.70. The molecule has 4 rings (SSSR count). The number of nitrogens with one attached hydrogen (secondary N) is 2. The van der Waals surface area contributed by atoms with Gasteiger partial charge >= 0.3 is 0 Å². The minimum Gasteiger partial charge on any atom is -0.495 e. The quantitative estimate of drug-likeness (QED) is 0.491. The molecule has 1 fully saturated rings. The summed E-state index contributed by atoms with van der Waals surface area (Å²) in [7, 11) is -0.968. The molecule has 11 heteroatoms. The van der Waals surface area contributed by atoms with Crippen LogP contribution in [-0.2, 0) is 16.5 Å². The molecule has 2 aromatic heterocycles. The van der Waals surface area contributed by atoms with Gasteiger partial charge in [0.25, 0.3) is 5.91 Å². The zero-order chi connectivity index (χ0) is 23.4. The number of amides is 1. The maximum Gasteiger partial charge on any atom is 0.282 e. The van der Waals surface area contributed by atoms with Gasteiger partial charge in [0.05, 0.1) is 26.9 Å². The van der Waals surface area contributed by atoms with Crippen LogP contribution in [0.4, 0.5) is 0 Å². The summed E-state index contributed by atoms with van der Waals surface area (Å²) in [5.74, 6) is -0.0768. The van der Waals surface area contributed by atoms with Crippen molar-refractivity contribution in [2.75, 3.05) is 14.2 Å². The van der Waals surface area contributed by atoms with Gasteiger partial charge in [0.2, 0.25) is 5.88 Å². The first-order chi connectivity index (χ1) is 15.9. The zero-order valence-electron chi connectivity index (χ0n) is 18.3. The van der Waals surface area contributed by atoms with Gasteiger partial charge in [-0.3, -0.25) is 14.2 Å². The van der Waals surface area contributed by atoms with E-state index in [9.17, 15) is 9.00 Å². The fourth-order valence-electron chi connectivity index (χ4n) is 3.40. The van der Waals surface area contributed by atoms with E-state index >= 15 is 0 Å². The molecule has 1 amide bonds. The third kappa shape index (κ3) is 4.92. The Morgan fingerprint density at radius 1 is 1.18 bits per heavy atom. The number of aromatic nitrogens is 3. The zero-order valence-corrected chi connectivity index (χ0v) is 19.1. The summed E-state index contributed by atoms with van der Waals surface area (Å²) < 4.78 is 42.4. The van der Waals surface area contributed by atoms with Gasteiger partial charge in [0.15, 0.2) is 14.8 Å². The number of benzene rings is 1. The number of methoxy groups -OCH3 is 2. The lowest BCUT2D eigenvalue weighted by atomic mass is 9.96. The highest BCUT2D eigenvalue weighted by Crippen LogP contribution is 2.36. The first-order valence-corrected chi connectivity index (χ1v) is 11.9. The van der Waals surface area contributed by atoms with Crippen LogP contribution in [0, 0.1) is 4.78 Å². The van der Waals surface area contributed by atoms with Crippen LogP contribution in [0.2, 0.25) is 0 Å². The second kappa shape index (κ2) is 9.49. The molecule has 1 aromatic carbocycles. The van der Waals surface area contributed by atoms with Crippen molar-refractivity contribution in [3.05, 3.63) is 60.0 Å². The lowest BCUT2D eigenvalue weighted by Gasteiger charge is -2.28. The molecule has 0 spiro atoms. The molecule has 33 heavy (non-hydrogen) atoms. The van der Waals surface area contributed by atoms with Gasteiger partial charge in [-0.15, -0.1) is 0 Å². The highest BCUT2D eigenvalue weighted by Gasteiger charge is 2.28. The first kappa shape index (κ1) is 22.6. The Kier molecular flexibility index (Phi) is 6.50. The van der Waals surface area contributed by atoms with Crippen molar-refractivity contribution < 1.29 is 23.2 Å². The number of rotatable bonds is 9. The molecular weight excluding hydrogens is 446 g/mol. The topological polar surface area (TPSA) is 128 Å². The van der Waals surface area contributed by atoms with Crippen molar-refractivity contribution in [1.82, 2.24) is 19.5 Å². The maximum atomic E-state index is 13.4. The molecule has 0 bridgehead atoms. The Labute approximate surface area is 192 Å². The van der Waals surface area contributed by atoms with E-state index in [1.54, 1.807) is 47.4 Å². The smallest absolute Gasteiger partial charge is 0.282 e. The van der Waals surface area contributed by atoms with Crippen LogP contribution < -0.4 is 18.9 Å². The summed E-state index contributed by atoms with van der Waals surface area (Å²) >= 11 is 0. The van der Waals surface area contributed by atoms with E-state index in [2.05, 4.69) is 14.8 Å². The van der Waals surface area contributed by atoms with E-state index in [0.717, 1.165) is 19.3 Å². The summed E-state index contributed by atoms with van der Waals surface area (Å²) in [5, 5.41) is 4.15. The van der Waals surface area contributed by atoms with Crippen LogP contribution in [0.1, 0.15) is 35.3 Å². The van der Waals surface area contributed by atoms with Crippen molar-refractivity contribution in [3.63, 3.8) is 0 Å². The second-order valence-corrected chi connectivity index (χ2v) is 9.24. The molecule has 2 N–H and O–H groups in total. The standard InChI is InChI=1S/C22H25N5O5S/c1-30-18-8-4-9-19(32-16-6-3-7-16)20(18)33(23,29)26-21(28)17-11-10-15(22(25-17)31-2)14-27-13-5-12-24-27/h4-5,8-13,16H,3,6-7,14H2,1-2H3,(H2,23,26,28,29)/t33-/m1/s1. The Morgan fingerprint density at radius 3 is 2.61 bits per heavy atom. The second-order valence-electron chi connectivity index (χ2n) is 7.51. The van der Waals surface area contributed by atoms with E-state index < -0.39 is 15.8 Å². The van der Waals surface area contributed by atoms with Gasteiger partial charge in [0, 0.05) is 18.0 Å². The molecule has 0 aliphatic heterocycles.